The van der Waals surface area contributed by atoms with Gasteiger partial charge in [-0.05, 0) is 22.0 Å². The Morgan fingerprint density at radius 2 is 1.93 bits per heavy atom. The van der Waals surface area contributed by atoms with Gasteiger partial charge in [-0.15, -0.1) is 11.3 Å². The lowest BCUT2D eigenvalue weighted by atomic mass is 10.2. The van der Waals surface area contributed by atoms with Crippen molar-refractivity contribution in [3.8, 4) is 0 Å². The van der Waals surface area contributed by atoms with Gasteiger partial charge in [-0.1, -0.05) is 27.5 Å². The lowest BCUT2D eigenvalue weighted by Crippen LogP contribution is -2.30. The van der Waals surface area contributed by atoms with E-state index in [1.54, 1.807) is 0 Å². The highest BCUT2D eigenvalue weighted by Gasteiger charge is 2.49. The van der Waals surface area contributed by atoms with Crippen LogP contribution in [0.15, 0.2) is 10.5 Å². The van der Waals surface area contributed by atoms with Crippen LogP contribution in [0.25, 0.3) is 0 Å². The molecule has 0 bridgehead atoms. The number of thiophene rings is 1. The maximum atomic E-state index is 12.9. The first-order valence-corrected chi connectivity index (χ1v) is 6.42. The summed E-state index contributed by atoms with van der Waals surface area (Å²) in [5.41, 5.74) is 0. The molecule has 0 saturated heterocycles. The van der Waals surface area contributed by atoms with Crippen LogP contribution < -0.4 is 0 Å². The molecule has 1 heterocycles. The Morgan fingerprint density at radius 3 is 2.27 bits per heavy atom. The summed E-state index contributed by atoms with van der Waals surface area (Å²) >= 11 is 12.0. The van der Waals surface area contributed by atoms with Gasteiger partial charge in [-0.25, -0.2) is 8.78 Å². The van der Waals surface area contributed by atoms with E-state index in [2.05, 4.69) is 31.9 Å². The van der Waals surface area contributed by atoms with E-state index in [1.165, 1.54) is 6.07 Å². The van der Waals surface area contributed by atoms with Gasteiger partial charge in [0.2, 0.25) is 0 Å². The number of hydrogen-bond acceptors (Lipinski definition) is 1. The highest BCUT2D eigenvalue weighted by Crippen LogP contribution is 2.47. The molecule has 0 aliphatic heterocycles. The fourth-order valence-corrected chi connectivity index (χ4v) is 3.16. The first-order chi connectivity index (χ1) is 6.76. The third-order valence-corrected chi connectivity index (χ3v) is 5.49. The average molecular weight is 390 g/mol. The summed E-state index contributed by atoms with van der Waals surface area (Å²) in [6, 6.07) is 1.29. The summed E-state index contributed by atoms with van der Waals surface area (Å²) in [5.74, 6) is -4.12. The highest BCUT2D eigenvalue weighted by molar-refractivity contribution is 9.10. The number of halogens is 7. The molecule has 0 fully saturated rings. The van der Waals surface area contributed by atoms with E-state index in [1.807, 2.05) is 0 Å². The van der Waals surface area contributed by atoms with E-state index in [0.29, 0.717) is 4.47 Å². The molecule has 15 heavy (non-hydrogen) atoms. The third-order valence-electron chi connectivity index (χ3n) is 1.54. The highest BCUT2D eigenvalue weighted by atomic mass is 79.9. The van der Waals surface area contributed by atoms with Crippen molar-refractivity contribution in [3.05, 3.63) is 19.8 Å². The van der Waals surface area contributed by atoms with E-state index in [9.17, 15) is 17.6 Å². The van der Waals surface area contributed by atoms with Crippen LogP contribution in [0, 0.1) is 0 Å². The van der Waals surface area contributed by atoms with E-state index >= 15 is 0 Å². The standard InChI is InChI=1S/C7H3Br2ClF4S/c8-2-1-3(15-5(2)10)4(9)7(13,14)6(11)12/h1,4,6H. The van der Waals surface area contributed by atoms with Crippen LogP contribution in [0.2, 0.25) is 4.34 Å². The van der Waals surface area contributed by atoms with Crippen LogP contribution in [0.4, 0.5) is 17.6 Å². The molecule has 1 rings (SSSR count). The average Bonchev–Trinajstić information content (AvgIpc) is 2.45. The normalized spacial score (nSPS) is 14.7. The van der Waals surface area contributed by atoms with Crippen LogP contribution in [0.3, 0.4) is 0 Å². The van der Waals surface area contributed by atoms with Crippen molar-refractivity contribution < 1.29 is 17.6 Å². The minimum absolute atomic E-state index is 0.0529. The molecule has 0 aliphatic carbocycles. The van der Waals surface area contributed by atoms with Gasteiger partial charge in [0.05, 0.1) is 0 Å². The van der Waals surface area contributed by atoms with Gasteiger partial charge in [-0.3, -0.25) is 0 Å². The van der Waals surface area contributed by atoms with Gasteiger partial charge in [0.1, 0.15) is 9.16 Å². The quantitative estimate of drug-likeness (QED) is 0.472. The third kappa shape index (κ3) is 2.87. The van der Waals surface area contributed by atoms with E-state index in [4.69, 9.17) is 11.6 Å². The molecule has 0 amide bonds. The Balaban J connectivity index is 2.99. The van der Waals surface area contributed by atoms with Gasteiger partial charge in [0, 0.05) is 9.35 Å². The molecule has 8 heteroatoms. The fourth-order valence-electron chi connectivity index (χ4n) is 0.789. The zero-order valence-electron chi connectivity index (χ0n) is 6.79. The maximum Gasteiger partial charge on any atom is 0.324 e. The molecule has 0 saturated carbocycles. The second-order valence-electron chi connectivity index (χ2n) is 2.61. The molecule has 1 atom stereocenters. The zero-order chi connectivity index (χ0) is 11.8. The largest absolute Gasteiger partial charge is 0.324 e. The van der Waals surface area contributed by atoms with Crippen molar-refractivity contribution >= 4 is 54.8 Å². The Morgan fingerprint density at radius 1 is 1.40 bits per heavy atom. The van der Waals surface area contributed by atoms with Crippen LogP contribution in [0.1, 0.15) is 9.70 Å². The van der Waals surface area contributed by atoms with Gasteiger partial charge in [0.15, 0.2) is 0 Å². The van der Waals surface area contributed by atoms with Crippen LogP contribution >= 0.6 is 54.8 Å². The van der Waals surface area contributed by atoms with Gasteiger partial charge >= 0.3 is 12.3 Å². The number of alkyl halides is 5. The molecule has 1 aromatic heterocycles. The summed E-state index contributed by atoms with van der Waals surface area (Å²) in [6.45, 7) is 0. The van der Waals surface area contributed by atoms with Gasteiger partial charge < -0.3 is 0 Å². The van der Waals surface area contributed by atoms with Crippen molar-refractivity contribution in [3.63, 3.8) is 0 Å². The fraction of sp³-hybridized carbons (Fsp3) is 0.429. The van der Waals surface area contributed by atoms with Gasteiger partial charge in [0.25, 0.3) is 0 Å². The van der Waals surface area contributed by atoms with Crippen LogP contribution in [0.5, 0.6) is 0 Å². The number of rotatable bonds is 3. The Kier molecular flexibility index (Phi) is 4.48. The van der Waals surface area contributed by atoms with Crippen molar-refractivity contribution in [2.75, 3.05) is 0 Å². The molecular weight excluding hydrogens is 387 g/mol. The summed E-state index contributed by atoms with van der Waals surface area (Å²) < 4.78 is 50.6. The Hall–Kier alpha value is 0.670. The van der Waals surface area contributed by atoms with Crippen LogP contribution in [-0.2, 0) is 0 Å². The van der Waals surface area contributed by atoms with E-state index < -0.39 is 17.2 Å². The second kappa shape index (κ2) is 4.89. The Labute approximate surface area is 109 Å². The van der Waals surface area contributed by atoms with E-state index in [0.717, 1.165) is 11.3 Å². The molecule has 1 aromatic rings. The molecule has 0 nitrogen and oxygen atoms in total. The molecule has 0 aromatic carbocycles. The molecule has 0 N–H and O–H groups in total. The van der Waals surface area contributed by atoms with Crippen LogP contribution in [-0.4, -0.2) is 12.3 Å². The first-order valence-electron chi connectivity index (χ1n) is 3.51. The molecule has 1 unspecified atom stereocenters. The lowest BCUT2D eigenvalue weighted by molar-refractivity contribution is -0.127. The topological polar surface area (TPSA) is 0 Å². The van der Waals surface area contributed by atoms with Crippen molar-refractivity contribution in [2.24, 2.45) is 0 Å². The summed E-state index contributed by atoms with van der Waals surface area (Å²) in [6.07, 6.45) is -3.72. The molecule has 86 valence electrons. The maximum absolute atomic E-state index is 12.9. The number of hydrogen-bond donors (Lipinski definition) is 0. The minimum Gasteiger partial charge on any atom is -0.204 e. The smallest absolute Gasteiger partial charge is 0.204 e. The van der Waals surface area contributed by atoms with Crippen molar-refractivity contribution in [2.45, 2.75) is 17.2 Å². The minimum atomic E-state index is -4.12. The predicted octanol–water partition coefficient (Wildman–Crippen LogP) is 5.50. The summed E-state index contributed by atoms with van der Waals surface area (Å²) in [4.78, 5) is -1.68. The second-order valence-corrected chi connectivity index (χ2v) is 6.06. The molecular formula is C7H3Br2ClF4S. The summed E-state index contributed by atoms with van der Waals surface area (Å²) in [7, 11) is 0. The zero-order valence-corrected chi connectivity index (χ0v) is 11.5. The monoisotopic (exact) mass is 388 g/mol. The lowest BCUT2D eigenvalue weighted by Gasteiger charge is -2.19. The molecule has 0 radical (unpaired) electrons. The molecule has 0 spiro atoms. The SMILES string of the molecule is FC(F)C(F)(F)C(Br)c1cc(Br)c(Cl)s1. The van der Waals surface area contributed by atoms with Gasteiger partial charge in [-0.2, -0.15) is 8.78 Å². The van der Waals surface area contributed by atoms with Crippen molar-refractivity contribution in [1.82, 2.24) is 0 Å². The molecule has 0 aliphatic rings. The summed E-state index contributed by atoms with van der Waals surface area (Å²) in [5, 5.41) is 0. The van der Waals surface area contributed by atoms with E-state index in [-0.39, 0.29) is 9.21 Å². The predicted molar refractivity (Wildman–Crippen MR) is 59.6 cm³/mol. The Bertz CT molecular complexity index is 335. The van der Waals surface area contributed by atoms with Crippen molar-refractivity contribution in [1.29, 1.82) is 0 Å². The first kappa shape index (κ1) is 13.7.